The molecule has 116 valence electrons. The van der Waals surface area contributed by atoms with E-state index in [0.717, 1.165) is 17.0 Å². The maximum absolute atomic E-state index is 12.3. The quantitative estimate of drug-likeness (QED) is 0.860. The van der Waals surface area contributed by atoms with Crippen molar-refractivity contribution in [3.05, 3.63) is 52.8 Å². The number of benzene rings is 1. The van der Waals surface area contributed by atoms with E-state index in [9.17, 15) is 9.59 Å². The van der Waals surface area contributed by atoms with Crippen molar-refractivity contribution < 1.29 is 9.59 Å². The molecular weight excluding hydrogens is 280 g/mol. The lowest BCUT2D eigenvalue weighted by Gasteiger charge is -2.16. The number of carbonyl (C=O) groups excluding carboxylic acids is 2. The number of aryl methyl sites for hydroxylation is 2. The molecule has 1 atom stereocenters. The highest BCUT2D eigenvalue weighted by molar-refractivity contribution is 5.88. The van der Waals surface area contributed by atoms with Crippen LogP contribution < -0.4 is 11.1 Å². The highest BCUT2D eigenvalue weighted by atomic mass is 16.2. The van der Waals surface area contributed by atoms with Gasteiger partial charge in [-0.15, -0.1) is 0 Å². The van der Waals surface area contributed by atoms with Crippen LogP contribution in [-0.2, 0) is 23.1 Å². The molecular formula is C16H20N4O2. The smallest absolute Gasteiger partial charge is 0.244 e. The van der Waals surface area contributed by atoms with E-state index in [4.69, 9.17) is 5.73 Å². The zero-order valence-corrected chi connectivity index (χ0v) is 13.0. The van der Waals surface area contributed by atoms with Crippen LogP contribution in [0.1, 0.15) is 28.6 Å². The van der Waals surface area contributed by atoms with E-state index < -0.39 is 11.9 Å². The van der Waals surface area contributed by atoms with E-state index >= 15 is 0 Å². The van der Waals surface area contributed by atoms with Crippen LogP contribution in [0.15, 0.2) is 30.3 Å². The molecule has 2 amide bonds. The Morgan fingerprint density at radius 1 is 1.27 bits per heavy atom. The van der Waals surface area contributed by atoms with Crippen molar-refractivity contribution in [3.63, 3.8) is 0 Å². The average molecular weight is 300 g/mol. The molecule has 6 nitrogen and oxygen atoms in total. The molecule has 2 aromatic rings. The topological polar surface area (TPSA) is 90.0 Å². The number of nitrogens with two attached hydrogens (primary N) is 1. The highest BCUT2D eigenvalue weighted by Crippen LogP contribution is 2.15. The van der Waals surface area contributed by atoms with Gasteiger partial charge in [0.1, 0.15) is 6.04 Å². The summed E-state index contributed by atoms with van der Waals surface area (Å²) in [7, 11) is 1.83. The molecule has 0 bridgehead atoms. The zero-order chi connectivity index (χ0) is 16.3. The van der Waals surface area contributed by atoms with Crippen LogP contribution in [0.3, 0.4) is 0 Å². The van der Waals surface area contributed by atoms with Crippen molar-refractivity contribution in [2.24, 2.45) is 12.8 Å². The molecule has 1 aromatic heterocycles. The van der Waals surface area contributed by atoms with E-state index in [0.29, 0.717) is 5.56 Å². The highest BCUT2D eigenvalue weighted by Gasteiger charge is 2.21. The molecule has 2 rings (SSSR count). The Morgan fingerprint density at radius 2 is 1.91 bits per heavy atom. The Bertz CT molecular complexity index is 692. The van der Waals surface area contributed by atoms with Crippen molar-refractivity contribution >= 4 is 11.8 Å². The molecule has 0 aliphatic heterocycles. The molecule has 0 aliphatic rings. The molecule has 0 saturated heterocycles. The predicted octanol–water partition coefficient (Wildman–Crippen LogP) is 0.922. The van der Waals surface area contributed by atoms with Crippen LogP contribution in [-0.4, -0.2) is 21.6 Å². The van der Waals surface area contributed by atoms with Crippen molar-refractivity contribution in [2.75, 3.05) is 0 Å². The van der Waals surface area contributed by atoms with Crippen LogP contribution in [0.25, 0.3) is 0 Å². The average Bonchev–Trinajstić information content (AvgIpc) is 2.72. The molecule has 1 aromatic carbocycles. The van der Waals surface area contributed by atoms with Gasteiger partial charge in [-0.3, -0.25) is 14.3 Å². The first-order valence-corrected chi connectivity index (χ1v) is 7.03. The minimum atomic E-state index is -0.828. The number of hydrogen-bond donors (Lipinski definition) is 2. The fourth-order valence-corrected chi connectivity index (χ4v) is 2.41. The number of primary amides is 1. The molecule has 22 heavy (non-hydrogen) atoms. The number of nitrogens with one attached hydrogen (secondary N) is 1. The van der Waals surface area contributed by atoms with E-state index in [-0.39, 0.29) is 12.3 Å². The van der Waals surface area contributed by atoms with Gasteiger partial charge in [-0.1, -0.05) is 30.3 Å². The summed E-state index contributed by atoms with van der Waals surface area (Å²) in [6, 6.07) is 8.13. The van der Waals surface area contributed by atoms with Crippen molar-refractivity contribution in [3.8, 4) is 0 Å². The number of hydrogen-bond acceptors (Lipinski definition) is 3. The second-order valence-electron chi connectivity index (χ2n) is 5.26. The first-order valence-electron chi connectivity index (χ1n) is 7.03. The third-order valence-corrected chi connectivity index (χ3v) is 3.72. The van der Waals surface area contributed by atoms with Crippen molar-refractivity contribution in [1.29, 1.82) is 0 Å². The Labute approximate surface area is 129 Å². The second kappa shape index (κ2) is 6.43. The lowest BCUT2D eigenvalue weighted by molar-refractivity contribution is -0.127. The lowest BCUT2D eigenvalue weighted by atomic mass is 10.1. The van der Waals surface area contributed by atoms with Crippen LogP contribution in [0.4, 0.5) is 0 Å². The van der Waals surface area contributed by atoms with Gasteiger partial charge in [-0.2, -0.15) is 5.10 Å². The van der Waals surface area contributed by atoms with Crippen LogP contribution in [0, 0.1) is 13.8 Å². The number of aromatic nitrogens is 2. The van der Waals surface area contributed by atoms with Gasteiger partial charge in [0.05, 0.1) is 12.1 Å². The van der Waals surface area contributed by atoms with Crippen LogP contribution in [0.5, 0.6) is 0 Å². The molecule has 3 N–H and O–H groups in total. The van der Waals surface area contributed by atoms with E-state index in [2.05, 4.69) is 10.4 Å². The van der Waals surface area contributed by atoms with Gasteiger partial charge in [-0.25, -0.2) is 0 Å². The summed E-state index contributed by atoms with van der Waals surface area (Å²) < 4.78 is 1.74. The van der Waals surface area contributed by atoms with Crippen molar-refractivity contribution in [2.45, 2.75) is 26.3 Å². The van der Waals surface area contributed by atoms with Gasteiger partial charge < -0.3 is 11.1 Å². The van der Waals surface area contributed by atoms with Crippen molar-refractivity contribution in [1.82, 2.24) is 15.1 Å². The molecule has 0 unspecified atom stereocenters. The van der Waals surface area contributed by atoms with Gasteiger partial charge in [0.2, 0.25) is 11.8 Å². The molecule has 0 saturated carbocycles. The van der Waals surface area contributed by atoms with E-state index in [1.165, 1.54) is 0 Å². The number of amides is 2. The van der Waals surface area contributed by atoms with E-state index in [1.807, 2.05) is 27.0 Å². The fraction of sp³-hybridized carbons (Fsp3) is 0.312. The molecule has 0 aliphatic carbocycles. The summed E-state index contributed by atoms with van der Waals surface area (Å²) in [4.78, 5) is 23.9. The molecule has 6 heteroatoms. The molecule has 0 fully saturated rings. The van der Waals surface area contributed by atoms with Gasteiger partial charge in [0.15, 0.2) is 0 Å². The Hall–Kier alpha value is -2.63. The first-order chi connectivity index (χ1) is 10.4. The van der Waals surface area contributed by atoms with E-state index in [1.54, 1.807) is 28.9 Å². The zero-order valence-electron chi connectivity index (χ0n) is 13.0. The summed E-state index contributed by atoms with van der Waals surface area (Å²) in [5.41, 5.74) is 8.69. The fourth-order valence-electron chi connectivity index (χ4n) is 2.41. The maximum Gasteiger partial charge on any atom is 0.244 e. The summed E-state index contributed by atoms with van der Waals surface area (Å²) >= 11 is 0. The Morgan fingerprint density at radius 3 is 2.41 bits per heavy atom. The molecule has 0 radical (unpaired) electrons. The summed E-state index contributed by atoms with van der Waals surface area (Å²) in [5, 5.41) is 6.98. The third kappa shape index (κ3) is 3.33. The third-order valence-electron chi connectivity index (χ3n) is 3.72. The van der Waals surface area contributed by atoms with Gasteiger partial charge >= 0.3 is 0 Å². The van der Waals surface area contributed by atoms with Gasteiger partial charge in [0.25, 0.3) is 0 Å². The van der Waals surface area contributed by atoms with Crippen LogP contribution >= 0.6 is 0 Å². The largest absolute Gasteiger partial charge is 0.368 e. The second-order valence-corrected chi connectivity index (χ2v) is 5.26. The maximum atomic E-state index is 12.3. The Kier molecular flexibility index (Phi) is 4.60. The SMILES string of the molecule is Cc1nn(C)c(C)c1CC(=O)N[C@@H](C(N)=O)c1ccccc1. The molecule has 0 spiro atoms. The minimum Gasteiger partial charge on any atom is -0.368 e. The lowest BCUT2D eigenvalue weighted by Crippen LogP contribution is -2.38. The summed E-state index contributed by atoms with van der Waals surface area (Å²) in [5.74, 6) is -0.842. The molecule has 1 heterocycles. The first kappa shape index (κ1) is 15.8. The monoisotopic (exact) mass is 300 g/mol. The summed E-state index contributed by atoms with van der Waals surface area (Å²) in [6.45, 7) is 3.77. The minimum absolute atomic E-state index is 0.169. The predicted molar refractivity (Wildman–Crippen MR) is 82.9 cm³/mol. The summed E-state index contributed by atoms with van der Waals surface area (Å²) in [6.07, 6.45) is 0.169. The number of rotatable bonds is 5. The number of carbonyl (C=O) groups is 2. The normalized spacial score (nSPS) is 12.0. The Balaban J connectivity index is 2.14. The standard InChI is InChI=1S/C16H20N4O2/c1-10-13(11(2)20(3)19-10)9-14(21)18-15(16(17)22)12-7-5-4-6-8-12/h4-8,15H,9H2,1-3H3,(H2,17,22)(H,18,21)/t15-/m1/s1. The van der Waals surface area contributed by atoms with Gasteiger partial charge in [-0.05, 0) is 19.4 Å². The van der Waals surface area contributed by atoms with Gasteiger partial charge in [0, 0.05) is 18.3 Å². The number of nitrogens with zero attached hydrogens (tertiary/aromatic N) is 2. The van der Waals surface area contributed by atoms with Crippen LogP contribution in [0.2, 0.25) is 0 Å².